The summed E-state index contributed by atoms with van der Waals surface area (Å²) >= 11 is 0. The first-order chi connectivity index (χ1) is 19.1. The van der Waals surface area contributed by atoms with Gasteiger partial charge in [0.25, 0.3) is 5.69 Å². The Kier molecular flexibility index (Phi) is 8.40. The van der Waals surface area contributed by atoms with Gasteiger partial charge in [0, 0.05) is 23.8 Å². The van der Waals surface area contributed by atoms with Gasteiger partial charge in [-0.05, 0) is 54.5 Å². The number of esters is 1. The Balaban J connectivity index is 1.55. The second-order valence-electron chi connectivity index (χ2n) is 8.42. The second kappa shape index (κ2) is 11.9. The molecule has 40 heavy (non-hydrogen) atoms. The molecule has 0 aliphatic carbocycles. The van der Waals surface area contributed by atoms with Crippen LogP contribution in [0.2, 0.25) is 0 Å². The van der Waals surface area contributed by atoms with Crippen LogP contribution in [0.1, 0.15) is 18.1 Å². The minimum Gasteiger partial charge on any atom is -0.423 e. The molecular formula is C29H22F2NO7P. The quantitative estimate of drug-likeness (QED) is 0.0479. The van der Waals surface area contributed by atoms with Crippen LogP contribution in [0.4, 0.5) is 14.5 Å². The SMILES string of the molecule is C/C(=C\C(=O)Oc1ccc([N+](=O)[O-])cc1)c1ccc(C(F)(F)P(=O)(Oc2ccccc2)Oc2ccccc2)cc1. The Hall–Kier alpha value is -4.82. The number of carbonyl (C=O) groups is 1. The van der Waals surface area contributed by atoms with Gasteiger partial charge in [-0.2, -0.15) is 8.78 Å². The van der Waals surface area contributed by atoms with E-state index in [1.165, 1.54) is 60.7 Å². The molecule has 0 heterocycles. The van der Waals surface area contributed by atoms with Crippen molar-refractivity contribution in [3.8, 4) is 17.2 Å². The van der Waals surface area contributed by atoms with Gasteiger partial charge in [-0.25, -0.2) is 9.36 Å². The topological polar surface area (TPSA) is 105 Å². The van der Waals surface area contributed by atoms with Gasteiger partial charge in [0.05, 0.1) is 4.92 Å². The fraction of sp³-hybridized carbons (Fsp3) is 0.0690. The molecule has 4 aromatic rings. The van der Waals surface area contributed by atoms with Gasteiger partial charge in [-0.3, -0.25) is 10.1 Å². The minimum absolute atomic E-state index is 0.0524. The van der Waals surface area contributed by atoms with Crippen LogP contribution in [0, 0.1) is 10.1 Å². The highest BCUT2D eigenvalue weighted by atomic mass is 31.2. The third kappa shape index (κ3) is 6.59. The summed E-state index contributed by atoms with van der Waals surface area (Å²) in [5.41, 5.74) is -4.01. The van der Waals surface area contributed by atoms with E-state index >= 15 is 8.78 Å². The fourth-order valence-corrected chi connectivity index (χ4v) is 5.04. The number of para-hydroxylation sites is 2. The predicted molar refractivity (Wildman–Crippen MR) is 144 cm³/mol. The molecule has 0 unspecified atom stereocenters. The molecule has 0 atom stereocenters. The minimum atomic E-state index is -5.16. The molecule has 11 heteroatoms. The number of allylic oxidation sites excluding steroid dienone is 1. The number of ether oxygens (including phenoxy) is 1. The number of carbonyl (C=O) groups excluding carboxylic acids is 1. The third-order valence-corrected chi connectivity index (χ3v) is 7.42. The number of benzene rings is 4. The first kappa shape index (κ1) is 28.2. The van der Waals surface area contributed by atoms with Crippen molar-refractivity contribution in [2.75, 3.05) is 0 Å². The summed E-state index contributed by atoms with van der Waals surface area (Å²) in [7, 11) is -5.16. The molecule has 0 N–H and O–H groups in total. The molecule has 4 aromatic carbocycles. The number of non-ortho nitro benzene ring substituents is 1. The van der Waals surface area contributed by atoms with Crippen LogP contribution < -0.4 is 13.8 Å². The highest BCUT2D eigenvalue weighted by Crippen LogP contribution is 2.65. The lowest BCUT2D eigenvalue weighted by atomic mass is 10.1. The molecule has 0 aromatic heterocycles. The van der Waals surface area contributed by atoms with Crippen molar-refractivity contribution < 1.29 is 36.8 Å². The highest BCUT2D eigenvalue weighted by molar-refractivity contribution is 7.55. The number of nitrogens with zero attached hydrogens (tertiary/aromatic N) is 1. The molecule has 204 valence electrons. The summed E-state index contributed by atoms with van der Waals surface area (Å²) in [6.07, 6.45) is 1.15. The van der Waals surface area contributed by atoms with Crippen LogP contribution in [-0.2, 0) is 15.0 Å². The Labute approximate surface area is 228 Å². The zero-order valence-corrected chi connectivity index (χ0v) is 21.9. The van der Waals surface area contributed by atoms with Crippen LogP contribution in [0.25, 0.3) is 5.57 Å². The Morgan fingerprint density at radius 3 is 1.77 bits per heavy atom. The van der Waals surface area contributed by atoms with Gasteiger partial charge < -0.3 is 13.8 Å². The summed E-state index contributed by atoms with van der Waals surface area (Å²) in [5.74, 6) is -0.772. The summed E-state index contributed by atoms with van der Waals surface area (Å²) in [5, 5.41) is 10.8. The van der Waals surface area contributed by atoms with Crippen molar-refractivity contribution in [1.29, 1.82) is 0 Å². The van der Waals surface area contributed by atoms with Gasteiger partial charge in [0.1, 0.15) is 17.2 Å². The van der Waals surface area contributed by atoms with Crippen molar-refractivity contribution in [3.05, 3.63) is 137 Å². The van der Waals surface area contributed by atoms with Gasteiger partial charge >= 0.3 is 19.2 Å². The molecular weight excluding hydrogens is 543 g/mol. The van der Waals surface area contributed by atoms with E-state index in [-0.39, 0.29) is 22.9 Å². The van der Waals surface area contributed by atoms with E-state index < -0.39 is 29.7 Å². The lowest BCUT2D eigenvalue weighted by Crippen LogP contribution is -2.21. The van der Waals surface area contributed by atoms with Gasteiger partial charge in [-0.1, -0.05) is 60.7 Å². The Morgan fingerprint density at radius 1 is 0.800 bits per heavy atom. The molecule has 0 amide bonds. The summed E-state index contributed by atoms with van der Waals surface area (Å²) < 4.78 is 61.0. The number of hydrogen-bond donors (Lipinski definition) is 0. The van der Waals surface area contributed by atoms with E-state index in [1.807, 2.05) is 0 Å². The normalized spacial score (nSPS) is 11.9. The van der Waals surface area contributed by atoms with Crippen molar-refractivity contribution in [2.45, 2.75) is 12.6 Å². The molecule has 0 radical (unpaired) electrons. The molecule has 0 saturated heterocycles. The maximum Gasteiger partial charge on any atom is 0.504 e. The van der Waals surface area contributed by atoms with Crippen molar-refractivity contribution in [1.82, 2.24) is 0 Å². The summed E-state index contributed by atoms with van der Waals surface area (Å²) in [6, 6.07) is 24.9. The smallest absolute Gasteiger partial charge is 0.423 e. The maximum absolute atomic E-state index is 15.8. The van der Waals surface area contributed by atoms with Crippen molar-refractivity contribution in [3.63, 3.8) is 0 Å². The summed E-state index contributed by atoms with van der Waals surface area (Å²) in [4.78, 5) is 22.5. The number of hydrogen-bond acceptors (Lipinski definition) is 7. The Morgan fingerprint density at radius 2 is 1.30 bits per heavy atom. The lowest BCUT2D eigenvalue weighted by Gasteiger charge is -2.27. The van der Waals surface area contributed by atoms with Crippen LogP contribution in [0.3, 0.4) is 0 Å². The second-order valence-corrected chi connectivity index (χ2v) is 10.3. The number of nitro benzene ring substituents is 1. The molecule has 4 rings (SSSR count). The first-order valence-corrected chi connectivity index (χ1v) is 13.3. The number of nitro groups is 1. The van der Waals surface area contributed by atoms with Crippen molar-refractivity contribution >= 4 is 24.8 Å². The molecule has 0 bridgehead atoms. The number of rotatable bonds is 10. The Bertz CT molecular complexity index is 1510. The molecule has 0 fully saturated rings. The average molecular weight is 565 g/mol. The zero-order chi connectivity index (χ0) is 28.8. The monoisotopic (exact) mass is 565 g/mol. The van der Waals surface area contributed by atoms with Gasteiger partial charge in [0.15, 0.2) is 0 Å². The number of alkyl halides is 2. The number of halogens is 2. The van der Waals surface area contributed by atoms with E-state index in [9.17, 15) is 19.5 Å². The van der Waals surface area contributed by atoms with Crippen LogP contribution in [0.15, 0.2) is 115 Å². The third-order valence-electron chi connectivity index (χ3n) is 5.57. The first-order valence-electron chi connectivity index (χ1n) is 11.8. The molecule has 0 saturated carbocycles. The fourth-order valence-electron chi connectivity index (χ4n) is 3.51. The van der Waals surface area contributed by atoms with Gasteiger partial charge in [0.2, 0.25) is 0 Å². The van der Waals surface area contributed by atoms with Crippen LogP contribution in [-0.4, -0.2) is 10.9 Å². The molecule has 0 spiro atoms. The molecule has 0 aliphatic heterocycles. The molecule has 8 nitrogen and oxygen atoms in total. The van der Waals surface area contributed by atoms with Crippen molar-refractivity contribution in [2.24, 2.45) is 0 Å². The predicted octanol–water partition coefficient (Wildman–Crippen LogP) is 8.00. The van der Waals surface area contributed by atoms with E-state index in [0.717, 1.165) is 18.2 Å². The largest absolute Gasteiger partial charge is 0.504 e. The van der Waals surface area contributed by atoms with Crippen LogP contribution >= 0.6 is 7.60 Å². The van der Waals surface area contributed by atoms with Gasteiger partial charge in [-0.15, -0.1) is 0 Å². The van der Waals surface area contributed by atoms with E-state index in [4.69, 9.17) is 13.8 Å². The van der Waals surface area contributed by atoms with E-state index in [2.05, 4.69) is 0 Å². The lowest BCUT2D eigenvalue weighted by molar-refractivity contribution is -0.384. The molecule has 0 aliphatic rings. The van der Waals surface area contributed by atoms with E-state index in [1.54, 1.807) is 43.3 Å². The highest BCUT2D eigenvalue weighted by Gasteiger charge is 2.58. The summed E-state index contributed by atoms with van der Waals surface area (Å²) in [6.45, 7) is 1.58. The van der Waals surface area contributed by atoms with Crippen LogP contribution in [0.5, 0.6) is 17.2 Å². The average Bonchev–Trinajstić information content (AvgIpc) is 2.94. The van der Waals surface area contributed by atoms with E-state index in [0.29, 0.717) is 11.1 Å². The maximum atomic E-state index is 15.8. The zero-order valence-electron chi connectivity index (χ0n) is 21.0. The standard InChI is InChI=1S/C29H22F2NO7P/c1-21(20-28(33)37-25-18-16-24(17-19-25)32(34)35)22-12-14-23(15-13-22)29(30,31)40(36,38-26-8-4-2-5-9-26)39-27-10-6-3-7-11-27/h2-20H,1H3/b21-20+.